The molecule has 0 aromatic rings. The van der Waals surface area contributed by atoms with E-state index in [0.29, 0.717) is 57.7 Å². The van der Waals surface area contributed by atoms with Crippen molar-refractivity contribution >= 4 is 21.8 Å². The maximum atomic E-state index is 13.8. The molecular formula is C32H58N4O5S. The summed E-state index contributed by atoms with van der Waals surface area (Å²) < 4.78 is 25.2. The van der Waals surface area contributed by atoms with Crippen LogP contribution < -0.4 is 10.1 Å². The number of rotatable bonds is 17. The topological polar surface area (TPSA) is 119 Å². The molecule has 9 nitrogen and oxygen atoms in total. The summed E-state index contributed by atoms with van der Waals surface area (Å²) in [5.41, 5.74) is 0. The number of hydrogen-bond donors (Lipinski definition) is 3. The molecule has 0 radical (unpaired) electrons. The summed E-state index contributed by atoms with van der Waals surface area (Å²) in [6.07, 6.45) is 15.1. The van der Waals surface area contributed by atoms with Crippen LogP contribution in [0, 0.1) is 36.0 Å². The minimum Gasteiger partial charge on any atom is -0.390 e. The predicted molar refractivity (Wildman–Crippen MR) is 169 cm³/mol. The van der Waals surface area contributed by atoms with Crippen molar-refractivity contribution < 1.29 is 23.1 Å². The number of terminal acetylenes is 1. The van der Waals surface area contributed by atoms with Gasteiger partial charge >= 0.3 is 0 Å². The third-order valence-electron chi connectivity index (χ3n) is 8.84. The van der Waals surface area contributed by atoms with Crippen LogP contribution in [0.4, 0.5) is 0 Å². The van der Waals surface area contributed by atoms with E-state index in [0.717, 1.165) is 38.5 Å². The number of carbonyl (C=O) groups is 2. The highest BCUT2D eigenvalue weighted by atomic mass is 32.2. The van der Waals surface area contributed by atoms with Gasteiger partial charge < -0.3 is 15.3 Å². The standard InChI is InChI=1S/C32H58N4O5S/c1-7-16-35(17-8-2)32(39)28-20-25(10-4)19-27(22-28)31(38)33-29(21-26-14-12-11-13-15-26)30(37)23-36(18-9-3)34-42(40,41)24(5)6/h4,24-30,34,37H,7-9,11-23H2,1-3,5-6H3,(H,33,38). The van der Waals surface area contributed by atoms with Crippen molar-refractivity contribution in [1.82, 2.24) is 20.1 Å². The molecular weight excluding hydrogens is 552 g/mol. The Hall–Kier alpha value is -1.67. The molecule has 2 amide bonds. The molecule has 0 saturated heterocycles. The van der Waals surface area contributed by atoms with Gasteiger partial charge in [0.1, 0.15) is 0 Å². The number of amides is 2. The van der Waals surface area contributed by atoms with Gasteiger partial charge in [-0.1, -0.05) is 52.9 Å². The Bertz CT molecular complexity index is 970. The first-order chi connectivity index (χ1) is 19.9. The highest BCUT2D eigenvalue weighted by Crippen LogP contribution is 2.35. The predicted octanol–water partition coefficient (Wildman–Crippen LogP) is 4.07. The summed E-state index contributed by atoms with van der Waals surface area (Å²) in [4.78, 5) is 31.8. The van der Waals surface area contributed by atoms with Gasteiger partial charge in [-0.05, 0) is 64.7 Å². The molecule has 242 valence electrons. The second-order valence-electron chi connectivity index (χ2n) is 12.8. The quantitative estimate of drug-likeness (QED) is 0.169. The van der Waals surface area contributed by atoms with Crippen molar-refractivity contribution in [2.24, 2.45) is 23.7 Å². The number of aliphatic hydroxyl groups is 1. The minimum absolute atomic E-state index is 0.0687. The number of carbonyl (C=O) groups excluding carboxylic acids is 2. The summed E-state index contributed by atoms with van der Waals surface area (Å²) in [6.45, 7) is 11.2. The minimum atomic E-state index is -3.57. The molecule has 2 fully saturated rings. The molecule has 2 aliphatic carbocycles. The van der Waals surface area contributed by atoms with Gasteiger partial charge in [-0.3, -0.25) is 9.59 Å². The molecule has 2 saturated carbocycles. The normalized spacial score (nSPS) is 23.4. The third-order valence-corrected chi connectivity index (χ3v) is 10.6. The second kappa shape index (κ2) is 18.2. The van der Waals surface area contributed by atoms with Crippen molar-refractivity contribution in [1.29, 1.82) is 0 Å². The lowest BCUT2D eigenvalue weighted by molar-refractivity contribution is -0.139. The number of nitrogens with zero attached hydrogens (tertiary/aromatic N) is 2. The molecule has 0 aromatic carbocycles. The summed E-state index contributed by atoms with van der Waals surface area (Å²) in [5.74, 6) is 2.27. The van der Waals surface area contributed by atoms with Gasteiger partial charge in [0.05, 0.1) is 17.4 Å². The molecule has 3 N–H and O–H groups in total. The first-order valence-electron chi connectivity index (χ1n) is 16.4. The van der Waals surface area contributed by atoms with Crippen LogP contribution in [0.25, 0.3) is 0 Å². The molecule has 42 heavy (non-hydrogen) atoms. The molecule has 0 spiro atoms. The summed E-state index contributed by atoms with van der Waals surface area (Å²) in [6, 6.07) is -0.527. The Kier molecular flexibility index (Phi) is 15.8. The van der Waals surface area contributed by atoms with Crippen LogP contribution in [-0.4, -0.2) is 78.8 Å². The zero-order valence-electron chi connectivity index (χ0n) is 26.8. The Balaban J connectivity index is 2.22. The van der Waals surface area contributed by atoms with Gasteiger partial charge in [-0.2, -0.15) is 0 Å². The Morgan fingerprint density at radius 2 is 1.55 bits per heavy atom. The van der Waals surface area contributed by atoms with E-state index >= 15 is 0 Å². The summed E-state index contributed by atoms with van der Waals surface area (Å²) in [5, 5.41) is 15.6. The lowest BCUT2D eigenvalue weighted by Gasteiger charge is -2.37. The van der Waals surface area contributed by atoms with Crippen molar-refractivity contribution in [3.05, 3.63) is 0 Å². The van der Waals surface area contributed by atoms with Crippen LogP contribution in [0.5, 0.6) is 0 Å². The smallest absolute Gasteiger partial charge is 0.226 e. The molecule has 5 atom stereocenters. The molecule has 10 heteroatoms. The monoisotopic (exact) mass is 610 g/mol. The average molecular weight is 611 g/mol. The summed E-state index contributed by atoms with van der Waals surface area (Å²) in [7, 11) is -3.57. The third kappa shape index (κ3) is 11.4. The Morgan fingerprint density at radius 3 is 2.10 bits per heavy atom. The van der Waals surface area contributed by atoms with Gasteiger partial charge in [0, 0.05) is 43.9 Å². The van der Waals surface area contributed by atoms with Crippen molar-refractivity contribution in [3.63, 3.8) is 0 Å². The fourth-order valence-corrected chi connectivity index (χ4v) is 7.21. The maximum Gasteiger partial charge on any atom is 0.226 e. The fourth-order valence-electron chi connectivity index (χ4n) is 6.48. The highest BCUT2D eigenvalue weighted by molar-refractivity contribution is 7.90. The van der Waals surface area contributed by atoms with E-state index in [1.165, 1.54) is 6.42 Å². The number of nitrogens with one attached hydrogen (secondary N) is 2. The van der Waals surface area contributed by atoms with E-state index in [-0.39, 0.29) is 30.2 Å². The molecule has 0 aliphatic heterocycles. The first kappa shape index (κ1) is 36.5. The van der Waals surface area contributed by atoms with E-state index in [4.69, 9.17) is 6.42 Å². The number of aliphatic hydroxyl groups excluding tert-OH is 1. The van der Waals surface area contributed by atoms with Crippen LogP contribution in [-0.2, 0) is 19.6 Å². The van der Waals surface area contributed by atoms with Gasteiger partial charge in [0.25, 0.3) is 0 Å². The van der Waals surface area contributed by atoms with Gasteiger partial charge in [-0.15, -0.1) is 17.2 Å². The molecule has 5 unspecified atom stereocenters. The Morgan fingerprint density at radius 1 is 0.952 bits per heavy atom. The molecule has 2 aliphatic rings. The first-order valence-corrected chi connectivity index (χ1v) is 18.0. The van der Waals surface area contributed by atoms with Gasteiger partial charge in [0.15, 0.2) is 0 Å². The van der Waals surface area contributed by atoms with E-state index < -0.39 is 33.3 Å². The summed E-state index contributed by atoms with van der Waals surface area (Å²) >= 11 is 0. The van der Waals surface area contributed by atoms with Crippen LogP contribution >= 0.6 is 0 Å². The highest BCUT2D eigenvalue weighted by Gasteiger charge is 2.38. The van der Waals surface area contributed by atoms with E-state index in [9.17, 15) is 23.1 Å². The van der Waals surface area contributed by atoms with Crippen LogP contribution in [0.2, 0.25) is 0 Å². The zero-order valence-corrected chi connectivity index (χ0v) is 27.6. The largest absolute Gasteiger partial charge is 0.390 e. The molecule has 0 aromatic heterocycles. The van der Waals surface area contributed by atoms with Crippen LogP contribution in [0.15, 0.2) is 0 Å². The van der Waals surface area contributed by atoms with E-state index in [1.807, 2.05) is 11.8 Å². The molecule has 0 heterocycles. The fraction of sp³-hybridized carbons (Fsp3) is 0.875. The van der Waals surface area contributed by atoms with Gasteiger partial charge in [-0.25, -0.2) is 13.4 Å². The number of sulfonamides is 1. The van der Waals surface area contributed by atoms with E-state index in [1.54, 1.807) is 18.9 Å². The SMILES string of the molecule is C#CC1CC(C(=O)NC(CC2CCCCC2)C(O)CN(CCC)NS(=O)(=O)C(C)C)CC(C(=O)N(CCC)CCC)C1. The maximum absolute atomic E-state index is 13.8. The zero-order chi connectivity index (χ0) is 31.3. The van der Waals surface area contributed by atoms with Crippen LogP contribution in [0.3, 0.4) is 0 Å². The van der Waals surface area contributed by atoms with E-state index in [2.05, 4.69) is 29.9 Å². The second-order valence-corrected chi connectivity index (χ2v) is 15.1. The average Bonchev–Trinajstić information content (AvgIpc) is 2.96. The van der Waals surface area contributed by atoms with Gasteiger partial charge in [0.2, 0.25) is 21.8 Å². The van der Waals surface area contributed by atoms with Crippen molar-refractivity contribution in [2.45, 2.75) is 129 Å². The molecule has 0 bridgehead atoms. The number of hydrazine groups is 1. The lowest BCUT2D eigenvalue weighted by Crippen LogP contribution is -2.55. The lowest BCUT2D eigenvalue weighted by atomic mass is 9.74. The van der Waals surface area contributed by atoms with Crippen LogP contribution in [0.1, 0.15) is 112 Å². The Labute approximate surface area is 256 Å². The number of hydrogen-bond acceptors (Lipinski definition) is 6. The van der Waals surface area contributed by atoms with Crippen molar-refractivity contribution in [2.75, 3.05) is 26.2 Å². The van der Waals surface area contributed by atoms with Crippen molar-refractivity contribution in [3.8, 4) is 12.3 Å². The molecule has 2 rings (SSSR count).